The molecule has 2 amide bonds. The average Bonchev–Trinajstić information content (AvgIpc) is 3.13. The molecule has 0 N–H and O–H groups in total. The number of carbonyl (C=O) groups excluding carboxylic acids is 2. The molecule has 3 rings (SSSR count). The van der Waals surface area contributed by atoms with Crippen molar-refractivity contribution >= 4 is 17.5 Å². The Morgan fingerprint density at radius 3 is 3.00 bits per heavy atom. The van der Waals surface area contributed by atoms with Gasteiger partial charge in [-0.05, 0) is 18.9 Å². The minimum Gasteiger partial charge on any atom is -0.333 e. The summed E-state index contributed by atoms with van der Waals surface area (Å²) in [5.74, 6) is -0.0786. The van der Waals surface area contributed by atoms with Gasteiger partial charge in [-0.1, -0.05) is 0 Å². The average molecular weight is 289 g/mol. The number of amides is 2. The van der Waals surface area contributed by atoms with Gasteiger partial charge < -0.3 is 4.90 Å². The lowest BCUT2D eigenvalue weighted by molar-refractivity contribution is -0.130. The Balaban J connectivity index is 1.71. The standard InChI is InChI=1S/C14H19N5O2/c1-17-13(20)6-5-12(16-17)14(21)19-9-2-4-11(19)10-18-8-3-7-15-18/h3,7-8,11H,2,4-6,9-10H2,1H3. The molecule has 1 aromatic heterocycles. The quantitative estimate of drug-likeness (QED) is 0.812. The normalized spacial score (nSPS) is 22.6. The second-order valence-electron chi connectivity index (χ2n) is 5.49. The van der Waals surface area contributed by atoms with Gasteiger partial charge in [0.2, 0.25) is 5.91 Å². The van der Waals surface area contributed by atoms with E-state index in [1.165, 1.54) is 5.01 Å². The van der Waals surface area contributed by atoms with Gasteiger partial charge in [0.25, 0.3) is 5.91 Å². The van der Waals surface area contributed by atoms with Crippen molar-refractivity contribution in [2.75, 3.05) is 13.6 Å². The number of hydrogen-bond acceptors (Lipinski definition) is 4. The predicted octanol–water partition coefficient (Wildman–Crippen LogP) is 0.482. The fourth-order valence-corrected chi connectivity index (χ4v) is 2.91. The van der Waals surface area contributed by atoms with Crippen molar-refractivity contribution < 1.29 is 9.59 Å². The van der Waals surface area contributed by atoms with Crippen LogP contribution in [-0.4, -0.2) is 56.8 Å². The number of nitrogens with zero attached hydrogens (tertiary/aromatic N) is 5. The zero-order valence-electron chi connectivity index (χ0n) is 12.1. The topological polar surface area (TPSA) is 70.8 Å². The SMILES string of the molecule is CN1N=C(C(=O)N2CCCC2Cn2cccn2)CCC1=O. The Hall–Kier alpha value is -2.18. The fraction of sp³-hybridized carbons (Fsp3) is 0.571. The van der Waals surface area contributed by atoms with Crippen LogP contribution in [0.2, 0.25) is 0 Å². The largest absolute Gasteiger partial charge is 0.333 e. The Kier molecular flexibility index (Phi) is 3.72. The minimum atomic E-state index is -0.0407. The van der Waals surface area contributed by atoms with Gasteiger partial charge in [-0.25, -0.2) is 5.01 Å². The number of likely N-dealkylation sites (tertiary alicyclic amines) is 1. The van der Waals surface area contributed by atoms with Gasteiger partial charge >= 0.3 is 0 Å². The summed E-state index contributed by atoms with van der Waals surface area (Å²) >= 11 is 0. The Bertz CT molecular complexity index is 566. The lowest BCUT2D eigenvalue weighted by Crippen LogP contribution is -2.44. The van der Waals surface area contributed by atoms with Crippen molar-refractivity contribution in [3.63, 3.8) is 0 Å². The summed E-state index contributed by atoms with van der Waals surface area (Å²) in [5, 5.41) is 9.60. The number of hydrazone groups is 1. The molecule has 3 heterocycles. The minimum absolute atomic E-state index is 0.0380. The monoisotopic (exact) mass is 289 g/mol. The molecule has 1 fully saturated rings. The number of carbonyl (C=O) groups is 2. The van der Waals surface area contributed by atoms with E-state index < -0.39 is 0 Å². The molecule has 112 valence electrons. The van der Waals surface area contributed by atoms with E-state index in [2.05, 4.69) is 10.2 Å². The van der Waals surface area contributed by atoms with Crippen LogP contribution in [0.3, 0.4) is 0 Å². The molecule has 7 nitrogen and oxygen atoms in total. The smallest absolute Gasteiger partial charge is 0.270 e. The van der Waals surface area contributed by atoms with E-state index >= 15 is 0 Å². The Morgan fingerprint density at radius 2 is 2.29 bits per heavy atom. The van der Waals surface area contributed by atoms with Crippen molar-refractivity contribution in [3.05, 3.63) is 18.5 Å². The molecule has 0 spiro atoms. The van der Waals surface area contributed by atoms with E-state index in [9.17, 15) is 9.59 Å². The van der Waals surface area contributed by atoms with E-state index in [0.29, 0.717) is 25.1 Å². The second-order valence-corrected chi connectivity index (χ2v) is 5.49. The van der Waals surface area contributed by atoms with Gasteiger partial charge in [-0.3, -0.25) is 14.3 Å². The van der Waals surface area contributed by atoms with Gasteiger partial charge in [0.05, 0.1) is 12.6 Å². The highest BCUT2D eigenvalue weighted by atomic mass is 16.2. The van der Waals surface area contributed by atoms with Crippen LogP contribution >= 0.6 is 0 Å². The van der Waals surface area contributed by atoms with Crippen molar-refractivity contribution in [1.29, 1.82) is 0 Å². The summed E-state index contributed by atoms with van der Waals surface area (Å²) in [6.07, 6.45) is 6.43. The van der Waals surface area contributed by atoms with Gasteiger partial charge in [-0.15, -0.1) is 0 Å². The van der Waals surface area contributed by atoms with Crippen LogP contribution in [0.5, 0.6) is 0 Å². The summed E-state index contributed by atoms with van der Waals surface area (Å²) in [4.78, 5) is 25.9. The first-order valence-corrected chi connectivity index (χ1v) is 7.27. The van der Waals surface area contributed by atoms with E-state index in [4.69, 9.17) is 0 Å². The molecule has 1 saturated heterocycles. The molecular formula is C14H19N5O2. The number of hydrogen-bond donors (Lipinski definition) is 0. The van der Waals surface area contributed by atoms with E-state index in [1.54, 1.807) is 13.2 Å². The highest BCUT2D eigenvalue weighted by molar-refractivity contribution is 6.39. The summed E-state index contributed by atoms with van der Waals surface area (Å²) in [6.45, 7) is 1.46. The zero-order chi connectivity index (χ0) is 14.8. The van der Waals surface area contributed by atoms with E-state index in [1.807, 2.05) is 21.8 Å². The highest BCUT2D eigenvalue weighted by Gasteiger charge is 2.33. The van der Waals surface area contributed by atoms with E-state index in [0.717, 1.165) is 19.4 Å². The maximum atomic E-state index is 12.6. The molecule has 0 radical (unpaired) electrons. The fourth-order valence-electron chi connectivity index (χ4n) is 2.91. The highest BCUT2D eigenvalue weighted by Crippen LogP contribution is 2.21. The number of aromatic nitrogens is 2. The molecule has 2 aliphatic heterocycles. The third kappa shape index (κ3) is 2.81. The Labute approximate surface area is 123 Å². The van der Waals surface area contributed by atoms with Gasteiger partial charge in [0.15, 0.2) is 0 Å². The van der Waals surface area contributed by atoms with Crippen LogP contribution in [0.25, 0.3) is 0 Å². The molecule has 1 aromatic rings. The molecule has 0 aromatic carbocycles. The first-order valence-electron chi connectivity index (χ1n) is 7.27. The zero-order valence-corrected chi connectivity index (χ0v) is 12.1. The third-order valence-corrected chi connectivity index (χ3v) is 4.05. The molecular weight excluding hydrogens is 270 g/mol. The van der Waals surface area contributed by atoms with Gasteiger partial charge in [0.1, 0.15) is 5.71 Å². The van der Waals surface area contributed by atoms with Crippen molar-refractivity contribution in [3.8, 4) is 0 Å². The molecule has 1 unspecified atom stereocenters. The first-order chi connectivity index (χ1) is 10.1. The van der Waals surface area contributed by atoms with Crippen molar-refractivity contribution in [1.82, 2.24) is 19.7 Å². The maximum absolute atomic E-state index is 12.6. The molecule has 21 heavy (non-hydrogen) atoms. The molecule has 0 aliphatic carbocycles. The lowest BCUT2D eigenvalue weighted by Gasteiger charge is -2.27. The Morgan fingerprint density at radius 1 is 1.43 bits per heavy atom. The van der Waals surface area contributed by atoms with Crippen LogP contribution in [-0.2, 0) is 16.1 Å². The molecule has 0 saturated carbocycles. The maximum Gasteiger partial charge on any atom is 0.270 e. The molecule has 2 aliphatic rings. The van der Waals surface area contributed by atoms with Crippen molar-refractivity contribution in [2.45, 2.75) is 38.3 Å². The van der Waals surface area contributed by atoms with Gasteiger partial charge in [0, 0.05) is 38.8 Å². The van der Waals surface area contributed by atoms with Crippen LogP contribution in [0, 0.1) is 0 Å². The van der Waals surface area contributed by atoms with Crippen molar-refractivity contribution in [2.24, 2.45) is 5.10 Å². The van der Waals surface area contributed by atoms with Crippen LogP contribution in [0.4, 0.5) is 0 Å². The first kappa shape index (κ1) is 13.8. The third-order valence-electron chi connectivity index (χ3n) is 4.05. The summed E-state index contributed by atoms with van der Waals surface area (Å²) < 4.78 is 1.86. The van der Waals surface area contributed by atoms with Crippen LogP contribution in [0.15, 0.2) is 23.6 Å². The molecule has 0 bridgehead atoms. The van der Waals surface area contributed by atoms with Crippen LogP contribution in [0.1, 0.15) is 25.7 Å². The summed E-state index contributed by atoms with van der Waals surface area (Å²) in [6, 6.07) is 2.04. The van der Waals surface area contributed by atoms with Crippen LogP contribution < -0.4 is 0 Å². The molecule has 7 heteroatoms. The van der Waals surface area contributed by atoms with E-state index in [-0.39, 0.29) is 17.9 Å². The second kappa shape index (κ2) is 5.67. The number of rotatable bonds is 3. The van der Waals surface area contributed by atoms with Gasteiger partial charge in [-0.2, -0.15) is 10.2 Å². The summed E-state index contributed by atoms with van der Waals surface area (Å²) in [5.41, 5.74) is 0.490. The lowest BCUT2D eigenvalue weighted by atomic mass is 10.1. The predicted molar refractivity (Wildman–Crippen MR) is 76.4 cm³/mol. The molecule has 1 atom stereocenters. The summed E-state index contributed by atoms with van der Waals surface area (Å²) in [7, 11) is 1.60.